The summed E-state index contributed by atoms with van der Waals surface area (Å²) in [7, 11) is 1.60. The number of carbonyl (C=O) groups is 1. The van der Waals surface area contributed by atoms with Crippen LogP contribution >= 0.6 is 23.4 Å². The Morgan fingerprint density at radius 2 is 2.00 bits per heavy atom. The summed E-state index contributed by atoms with van der Waals surface area (Å²) in [5, 5.41) is 3.49. The molecule has 0 aromatic heterocycles. The molecule has 2 rings (SSSR count). The fourth-order valence-corrected chi connectivity index (χ4v) is 3.03. The van der Waals surface area contributed by atoms with Gasteiger partial charge in [-0.1, -0.05) is 23.7 Å². The van der Waals surface area contributed by atoms with E-state index in [1.165, 1.54) is 23.9 Å². The van der Waals surface area contributed by atoms with Gasteiger partial charge in [0.15, 0.2) is 0 Å². The predicted octanol–water partition coefficient (Wildman–Crippen LogP) is 4.25. The van der Waals surface area contributed by atoms with Gasteiger partial charge in [0.2, 0.25) is 5.91 Å². The number of carbonyl (C=O) groups excluding carboxylic acids is 1. The number of amides is 1. The molecule has 0 saturated carbocycles. The number of rotatable bonds is 7. The maximum Gasteiger partial charge on any atom is 0.230 e. The molecule has 0 heterocycles. The van der Waals surface area contributed by atoms with Crippen LogP contribution in [0.1, 0.15) is 12.5 Å². The van der Waals surface area contributed by atoms with Crippen LogP contribution < -0.4 is 5.32 Å². The molecule has 0 aliphatic heterocycles. The molecular formula is C18H19ClFNO2S. The minimum atomic E-state index is -0.666. The average Bonchev–Trinajstić information content (AvgIpc) is 2.59. The van der Waals surface area contributed by atoms with Gasteiger partial charge in [0.1, 0.15) is 11.4 Å². The van der Waals surface area contributed by atoms with E-state index in [0.29, 0.717) is 11.6 Å². The van der Waals surface area contributed by atoms with Gasteiger partial charge < -0.3 is 10.1 Å². The van der Waals surface area contributed by atoms with E-state index in [-0.39, 0.29) is 17.5 Å². The summed E-state index contributed by atoms with van der Waals surface area (Å²) < 4.78 is 18.4. The second-order valence-electron chi connectivity index (χ2n) is 5.46. The first-order valence-corrected chi connectivity index (χ1v) is 8.75. The summed E-state index contributed by atoms with van der Waals surface area (Å²) in [6, 6.07) is 13.4. The lowest BCUT2D eigenvalue weighted by molar-refractivity contribution is -0.120. The third-order valence-corrected chi connectivity index (χ3v) is 4.94. The summed E-state index contributed by atoms with van der Waals surface area (Å²) in [5.74, 6) is -0.156. The molecule has 0 radical (unpaired) electrons. The van der Waals surface area contributed by atoms with Gasteiger partial charge in [0, 0.05) is 17.0 Å². The maximum absolute atomic E-state index is 12.9. The van der Waals surface area contributed by atoms with E-state index >= 15 is 0 Å². The second kappa shape index (κ2) is 8.51. The van der Waals surface area contributed by atoms with Crippen molar-refractivity contribution in [1.29, 1.82) is 0 Å². The Kier molecular flexibility index (Phi) is 6.66. The molecule has 0 aliphatic rings. The number of thioether (sulfide) groups is 1. The van der Waals surface area contributed by atoms with Crippen molar-refractivity contribution in [3.05, 3.63) is 64.9 Å². The van der Waals surface area contributed by atoms with E-state index in [1.54, 1.807) is 25.3 Å². The van der Waals surface area contributed by atoms with Crippen molar-refractivity contribution in [1.82, 2.24) is 5.32 Å². The van der Waals surface area contributed by atoms with Gasteiger partial charge in [0.25, 0.3) is 0 Å². The van der Waals surface area contributed by atoms with E-state index in [1.807, 2.05) is 25.1 Å². The van der Waals surface area contributed by atoms with Crippen LogP contribution in [0.15, 0.2) is 53.4 Å². The zero-order valence-corrected chi connectivity index (χ0v) is 15.1. The number of hydrogen-bond donors (Lipinski definition) is 1. The highest BCUT2D eigenvalue weighted by molar-refractivity contribution is 8.00. The van der Waals surface area contributed by atoms with E-state index < -0.39 is 5.60 Å². The Hall–Kier alpha value is -1.56. The molecule has 0 unspecified atom stereocenters. The van der Waals surface area contributed by atoms with Crippen molar-refractivity contribution in [2.45, 2.75) is 17.4 Å². The molecule has 6 heteroatoms. The van der Waals surface area contributed by atoms with Crippen molar-refractivity contribution in [3.8, 4) is 0 Å². The van der Waals surface area contributed by atoms with Gasteiger partial charge in [-0.3, -0.25) is 4.79 Å². The van der Waals surface area contributed by atoms with Gasteiger partial charge in [-0.05, 0) is 48.9 Å². The zero-order chi connectivity index (χ0) is 17.6. The van der Waals surface area contributed by atoms with Crippen molar-refractivity contribution >= 4 is 29.3 Å². The Morgan fingerprint density at radius 1 is 1.29 bits per heavy atom. The van der Waals surface area contributed by atoms with Gasteiger partial charge in [-0.25, -0.2) is 4.39 Å². The van der Waals surface area contributed by atoms with Crippen LogP contribution in [-0.4, -0.2) is 25.3 Å². The lowest BCUT2D eigenvalue weighted by Gasteiger charge is -2.29. The Morgan fingerprint density at radius 3 is 2.62 bits per heavy atom. The molecule has 0 spiro atoms. The van der Waals surface area contributed by atoms with Crippen LogP contribution in [0.2, 0.25) is 5.02 Å². The second-order valence-corrected chi connectivity index (χ2v) is 6.95. The van der Waals surface area contributed by atoms with Crippen LogP contribution in [0, 0.1) is 5.82 Å². The molecule has 0 aliphatic carbocycles. The van der Waals surface area contributed by atoms with E-state index in [4.69, 9.17) is 16.3 Å². The quantitative estimate of drug-likeness (QED) is 0.743. The molecule has 0 saturated heterocycles. The summed E-state index contributed by atoms with van der Waals surface area (Å²) >= 11 is 7.38. The van der Waals surface area contributed by atoms with Gasteiger partial charge in [0.05, 0.1) is 12.3 Å². The molecule has 0 bridgehead atoms. The molecule has 1 N–H and O–H groups in total. The molecular weight excluding hydrogens is 349 g/mol. The monoisotopic (exact) mass is 367 g/mol. The van der Waals surface area contributed by atoms with Crippen molar-refractivity contribution in [2.24, 2.45) is 0 Å². The normalized spacial score (nSPS) is 13.3. The fraction of sp³-hybridized carbons (Fsp3) is 0.278. The highest BCUT2D eigenvalue weighted by Gasteiger charge is 2.27. The predicted molar refractivity (Wildman–Crippen MR) is 95.9 cm³/mol. The number of benzene rings is 2. The minimum Gasteiger partial charge on any atom is -0.372 e. The van der Waals surface area contributed by atoms with Gasteiger partial charge >= 0.3 is 0 Å². The number of ether oxygens (including phenoxy) is 1. The number of methoxy groups -OCH3 is 1. The largest absolute Gasteiger partial charge is 0.372 e. The Bertz CT molecular complexity index is 696. The molecule has 2 aromatic rings. The average molecular weight is 368 g/mol. The van der Waals surface area contributed by atoms with Gasteiger partial charge in [-0.2, -0.15) is 0 Å². The molecule has 1 amide bonds. The topological polar surface area (TPSA) is 38.3 Å². The smallest absolute Gasteiger partial charge is 0.230 e. The molecule has 2 aromatic carbocycles. The zero-order valence-electron chi connectivity index (χ0n) is 13.5. The summed E-state index contributed by atoms with van der Waals surface area (Å²) in [4.78, 5) is 12.9. The molecule has 3 nitrogen and oxygen atoms in total. The summed E-state index contributed by atoms with van der Waals surface area (Å²) in [6.45, 7) is 2.22. The third-order valence-electron chi connectivity index (χ3n) is 3.69. The fourth-order valence-electron chi connectivity index (χ4n) is 2.11. The maximum atomic E-state index is 12.9. The van der Waals surface area contributed by atoms with E-state index in [2.05, 4.69) is 5.32 Å². The lowest BCUT2D eigenvalue weighted by atomic mass is 9.95. The van der Waals surface area contributed by atoms with Crippen LogP contribution in [-0.2, 0) is 15.1 Å². The van der Waals surface area contributed by atoms with E-state index in [0.717, 1.165) is 10.5 Å². The standard InChI is InChI=1S/C18H19ClFNO2S/c1-18(23-2,13-4-3-5-14(19)10-13)12-21-17(22)11-24-16-8-6-15(20)7-9-16/h3-10H,11-12H2,1-2H3,(H,21,22)/t18-/m1/s1. The van der Waals surface area contributed by atoms with Gasteiger partial charge in [-0.15, -0.1) is 11.8 Å². The van der Waals surface area contributed by atoms with Crippen molar-refractivity contribution in [2.75, 3.05) is 19.4 Å². The third kappa shape index (κ3) is 5.23. The SMILES string of the molecule is CO[C@](C)(CNC(=O)CSc1ccc(F)cc1)c1cccc(Cl)c1. The number of hydrogen-bond acceptors (Lipinski definition) is 3. The van der Waals surface area contributed by atoms with E-state index in [9.17, 15) is 9.18 Å². The van der Waals surface area contributed by atoms with Crippen LogP contribution in [0.25, 0.3) is 0 Å². The number of halogens is 2. The first-order chi connectivity index (χ1) is 11.4. The Balaban J connectivity index is 1.90. The molecule has 0 fully saturated rings. The summed E-state index contributed by atoms with van der Waals surface area (Å²) in [5.41, 5.74) is 0.227. The number of nitrogens with one attached hydrogen (secondary N) is 1. The van der Waals surface area contributed by atoms with Crippen LogP contribution in [0.3, 0.4) is 0 Å². The highest BCUT2D eigenvalue weighted by atomic mass is 35.5. The molecule has 128 valence electrons. The van der Waals surface area contributed by atoms with Crippen LogP contribution in [0.5, 0.6) is 0 Å². The molecule has 1 atom stereocenters. The first kappa shape index (κ1) is 18.8. The van der Waals surface area contributed by atoms with Crippen molar-refractivity contribution in [3.63, 3.8) is 0 Å². The van der Waals surface area contributed by atoms with Crippen molar-refractivity contribution < 1.29 is 13.9 Å². The lowest BCUT2D eigenvalue weighted by Crippen LogP contribution is -2.40. The first-order valence-electron chi connectivity index (χ1n) is 7.39. The highest BCUT2D eigenvalue weighted by Crippen LogP contribution is 2.26. The summed E-state index contributed by atoms with van der Waals surface area (Å²) in [6.07, 6.45) is 0. The Labute approximate surface area is 150 Å². The molecule has 24 heavy (non-hydrogen) atoms. The van der Waals surface area contributed by atoms with Crippen LogP contribution in [0.4, 0.5) is 4.39 Å². The minimum absolute atomic E-state index is 0.116.